The summed E-state index contributed by atoms with van der Waals surface area (Å²) in [5.41, 5.74) is 1.35. The number of thiazole rings is 2. The van der Waals surface area contributed by atoms with Gasteiger partial charge in [0.05, 0.1) is 12.1 Å². The molecule has 3 aliphatic rings. The Kier molecular flexibility index (Phi) is 12.1. The molecule has 3 aliphatic heterocycles. The molecule has 0 saturated carbocycles. The number of fused-ring (bicyclic) bond motifs is 6. The van der Waals surface area contributed by atoms with E-state index < -0.39 is 60.3 Å². The van der Waals surface area contributed by atoms with Crippen molar-refractivity contribution in [1.82, 2.24) is 31.2 Å². The lowest BCUT2D eigenvalue weighted by Crippen LogP contribution is -2.45. The molecule has 3 aromatic rings. The van der Waals surface area contributed by atoms with Crippen molar-refractivity contribution in [2.45, 2.75) is 116 Å². The lowest BCUT2D eigenvalue weighted by molar-refractivity contribution is -0.125. The van der Waals surface area contributed by atoms with Gasteiger partial charge in [0.25, 0.3) is 11.8 Å². The minimum atomic E-state index is -0.889. The Morgan fingerprint density at radius 1 is 0.685 bits per heavy atom. The molecule has 4 amide bonds. The average molecular weight is 777 g/mol. The largest absolute Gasteiger partial charge is 0.474 e. The molecule has 0 aliphatic carbocycles. The zero-order valence-electron chi connectivity index (χ0n) is 31.5. The number of hydrogen-bond donors (Lipinski definition) is 4. The summed E-state index contributed by atoms with van der Waals surface area (Å²) in [7, 11) is 0. The van der Waals surface area contributed by atoms with Crippen LogP contribution in [-0.4, -0.2) is 81.8 Å². The zero-order chi connectivity index (χ0) is 38.7. The van der Waals surface area contributed by atoms with Gasteiger partial charge in [0.15, 0.2) is 12.1 Å². The molecular formula is C38H48N8O6S2. The van der Waals surface area contributed by atoms with Gasteiger partial charge in [0, 0.05) is 10.8 Å². The van der Waals surface area contributed by atoms with Crippen LogP contribution in [0.15, 0.2) is 51.1 Å². The summed E-state index contributed by atoms with van der Waals surface area (Å²) in [6.07, 6.45) is 0.630. The first-order chi connectivity index (χ1) is 25.9. The summed E-state index contributed by atoms with van der Waals surface area (Å²) in [6.45, 7) is 13.3. The summed E-state index contributed by atoms with van der Waals surface area (Å²) in [6, 6.07) is 5.62. The van der Waals surface area contributed by atoms with E-state index in [-0.39, 0.29) is 46.8 Å². The van der Waals surface area contributed by atoms with Crippen molar-refractivity contribution < 1.29 is 28.7 Å². The van der Waals surface area contributed by atoms with E-state index in [0.29, 0.717) is 29.3 Å². The van der Waals surface area contributed by atoms with Gasteiger partial charge in [-0.15, -0.1) is 22.7 Å². The Labute approximate surface area is 323 Å². The second-order valence-corrected chi connectivity index (χ2v) is 16.0. The van der Waals surface area contributed by atoms with E-state index in [0.717, 1.165) is 5.56 Å². The maximum Gasteiger partial charge on any atom is 0.271 e. The third kappa shape index (κ3) is 8.49. The monoisotopic (exact) mass is 776 g/mol. The van der Waals surface area contributed by atoms with Gasteiger partial charge in [0.1, 0.15) is 45.7 Å². The summed E-state index contributed by atoms with van der Waals surface area (Å²) < 4.78 is 12.3. The second kappa shape index (κ2) is 16.8. The van der Waals surface area contributed by atoms with Gasteiger partial charge in [-0.2, -0.15) is 0 Å². The summed E-state index contributed by atoms with van der Waals surface area (Å²) in [5.74, 6) is -1.18. The molecule has 6 rings (SSSR count). The van der Waals surface area contributed by atoms with Gasteiger partial charge < -0.3 is 30.7 Å². The van der Waals surface area contributed by atoms with Crippen molar-refractivity contribution in [3.8, 4) is 0 Å². The molecule has 0 saturated heterocycles. The van der Waals surface area contributed by atoms with Gasteiger partial charge >= 0.3 is 0 Å². The highest BCUT2D eigenvalue weighted by molar-refractivity contribution is 7.10. The molecule has 14 nitrogen and oxygen atoms in total. The van der Waals surface area contributed by atoms with Gasteiger partial charge in [0.2, 0.25) is 23.6 Å². The van der Waals surface area contributed by atoms with Crippen molar-refractivity contribution in [2.24, 2.45) is 21.8 Å². The van der Waals surface area contributed by atoms with Gasteiger partial charge in [-0.3, -0.25) is 19.2 Å². The van der Waals surface area contributed by atoms with Crippen LogP contribution in [0, 0.1) is 11.8 Å². The Morgan fingerprint density at radius 2 is 1.17 bits per heavy atom. The van der Waals surface area contributed by atoms with E-state index in [1.165, 1.54) is 22.7 Å². The number of aromatic nitrogens is 2. The fraction of sp³-hybridized carbons (Fsp3) is 0.526. The Morgan fingerprint density at radius 3 is 1.69 bits per heavy atom. The van der Waals surface area contributed by atoms with Crippen molar-refractivity contribution >= 4 is 58.1 Å². The Hall–Kier alpha value is -4.70. The SMILES string of the molecule is CCC(C)C1NC(=O)c2csc(n2)C(Cc2ccccc2)NC(=O)C2N=C(OC2C)C(C(C)CC)NC(=O)c2csc(n2)C(C)NC(=O)C2N=C1OC2C. The fourth-order valence-corrected chi connectivity index (χ4v) is 8.17. The number of rotatable bonds is 6. The van der Waals surface area contributed by atoms with E-state index in [2.05, 4.69) is 31.2 Å². The third-order valence-corrected chi connectivity index (χ3v) is 12.2. The minimum absolute atomic E-state index is 0.0803. The van der Waals surface area contributed by atoms with Crippen LogP contribution in [0.2, 0.25) is 0 Å². The van der Waals surface area contributed by atoms with E-state index in [1.807, 2.05) is 58.0 Å². The lowest BCUT2D eigenvalue weighted by atomic mass is 9.98. The number of nitrogens with zero attached hydrogens (tertiary/aromatic N) is 4. The number of aliphatic imine (C=N–C) groups is 2. The number of carbonyl (C=O) groups excluding carboxylic acids is 4. The van der Waals surface area contributed by atoms with Crippen molar-refractivity contribution in [2.75, 3.05) is 0 Å². The number of carbonyl (C=O) groups is 4. The molecule has 4 N–H and O–H groups in total. The molecule has 2 aromatic heterocycles. The molecule has 10 atom stereocenters. The van der Waals surface area contributed by atoms with E-state index >= 15 is 0 Å². The van der Waals surface area contributed by atoms with Crippen LogP contribution in [0.4, 0.5) is 0 Å². The predicted octanol–water partition coefficient (Wildman–Crippen LogP) is 4.55. The number of ether oxygens (including phenoxy) is 2. The first-order valence-corrected chi connectivity index (χ1v) is 20.3. The molecule has 1 aromatic carbocycles. The quantitative estimate of drug-likeness (QED) is 0.281. The van der Waals surface area contributed by atoms with Gasteiger partial charge in [-0.05, 0) is 44.6 Å². The van der Waals surface area contributed by atoms with Crippen molar-refractivity contribution in [3.05, 3.63) is 68.1 Å². The third-order valence-electron chi connectivity index (χ3n) is 10.2. The van der Waals surface area contributed by atoms with Crippen LogP contribution >= 0.6 is 22.7 Å². The molecule has 16 heteroatoms. The summed E-state index contributed by atoms with van der Waals surface area (Å²) in [4.78, 5) is 73.7. The van der Waals surface area contributed by atoms with E-state index in [1.54, 1.807) is 31.5 Å². The fourth-order valence-electron chi connectivity index (χ4n) is 6.51. The highest BCUT2D eigenvalue weighted by Gasteiger charge is 2.41. The molecule has 54 heavy (non-hydrogen) atoms. The zero-order valence-corrected chi connectivity index (χ0v) is 33.1. The highest BCUT2D eigenvalue weighted by atomic mass is 32.1. The Balaban J connectivity index is 1.38. The second-order valence-electron chi connectivity index (χ2n) is 14.3. The van der Waals surface area contributed by atoms with Crippen LogP contribution in [0.3, 0.4) is 0 Å². The van der Waals surface area contributed by atoms with Gasteiger partial charge in [-0.25, -0.2) is 20.0 Å². The number of nitrogens with one attached hydrogen (secondary N) is 4. The summed E-state index contributed by atoms with van der Waals surface area (Å²) in [5, 5.41) is 16.6. The Bertz CT molecular complexity index is 1910. The molecule has 288 valence electrons. The first-order valence-electron chi connectivity index (χ1n) is 18.5. The predicted molar refractivity (Wildman–Crippen MR) is 207 cm³/mol. The molecule has 0 fully saturated rings. The van der Waals surface area contributed by atoms with E-state index in [9.17, 15) is 19.2 Å². The molecule has 0 radical (unpaired) electrons. The number of hydrogen-bond acceptors (Lipinski definition) is 12. The summed E-state index contributed by atoms with van der Waals surface area (Å²) >= 11 is 2.53. The van der Waals surface area contributed by atoms with Crippen LogP contribution in [0.5, 0.6) is 0 Å². The molecule has 10 unspecified atom stereocenters. The van der Waals surface area contributed by atoms with Crippen molar-refractivity contribution in [3.63, 3.8) is 0 Å². The lowest BCUT2D eigenvalue weighted by Gasteiger charge is -2.24. The van der Waals surface area contributed by atoms with Crippen molar-refractivity contribution in [1.29, 1.82) is 0 Å². The standard InChI is InChI=1S/C38H48N8O6S2/c1-8-18(3)27-35-45-29(21(6)51-35)33(49)39-20(5)37-41-25(16-53-37)31(47)43-28(19(4)9-2)36-46-30(22(7)52-36)34(50)40-24(15-23-13-11-10-12-14-23)38-42-26(17-54-38)32(48)44-27/h10-14,16-22,24,27-30H,8-9,15H2,1-7H3,(H,39,49)(H,40,50)(H,43,47)(H,44,48). The molecular weight excluding hydrogens is 729 g/mol. The first kappa shape index (κ1) is 39.0. The smallest absolute Gasteiger partial charge is 0.271 e. The molecule has 5 heterocycles. The minimum Gasteiger partial charge on any atom is -0.474 e. The highest BCUT2D eigenvalue weighted by Crippen LogP contribution is 2.28. The molecule has 0 spiro atoms. The average Bonchev–Trinajstić information content (AvgIpc) is 3.98. The topological polar surface area (TPSA) is 185 Å². The number of benzene rings is 1. The number of amides is 4. The maximum absolute atomic E-state index is 14.0. The van der Waals surface area contributed by atoms with Gasteiger partial charge in [-0.1, -0.05) is 70.9 Å². The van der Waals surface area contributed by atoms with Crippen LogP contribution in [-0.2, 0) is 25.5 Å². The van der Waals surface area contributed by atoms with Crippen LogP contribution < -0.4 is 21.3 Å². The maximum atomic E-state index is 14.0. The van der Waals surface area contributed by atoms with Crippen LogP contribution in [0.1, 0.15) is 110 Å². The van der Waals surface area contributed by atoms with E-state index in [4.69, 9.17) is 19.5 Å². The molecule has 8 bridgehead atoms. The normalized spacial score (nSPS) is 28.9. The van der Waals surface area contributed by atoms with Crippen LogP contribution in [0.25, 0.3) is 0 Å².